The van der Waals surface area contributed by atoms with Gasteiger partial charge in [0, 0.05) is 0 Å². The van der Waals surface area contributed by atoms with Crippen molar-refractivity contribution in [3.63, 3.8) is 0 Å². The Morgan fingerprint density at radius 3 is 1.93 bits per heavy atom. The van der Waals surface area contributed by atoms with Crippen molar-refractivity contribution in [1.82, 2.24) is 4.57 Å². The molecule has 7 aromatic rings. The molecule has 7 rings (SSSR count). The third-order valence-electron chi connectivity index (χ3n) is 9.35. The van der Waals surface area contributed by atoms with Gasteiger partial charge in [0.05, 0.1) is 0 Å². The zero-order valence-electron chi connectivity index (χ0n) is 26.7. The topological polar surface area (TPSA) is 8.81 Å². The summed E-state index contributed by atoms with van der Waals surface area (Å²) in [7, 11) is 2.23. The van der Waals surface area contributed by atoms with E-state index in [1.54, 1.807) is 0 Å². The van der Waals surface area contributed by atoms with E-state index in [0.717, 1.165) is 0 Å². The van der Waals surface area contributed by atoms with E-state index in [0.29, 0.717) is 0 Å². The summed E-state index contributed by atoms with van der Waals surface area (Å²) in [4.78, 5) is 0. The molecule has 43 heavy (non-hydrogen) atoms. The second kappa shape index (κ2) is 9.82. The summed E-state index contributed by atoms with van der Waals surface area (Å²) in [6.07, 6.45) is 0. The van der Waals surface area contributed by atoms with Crippen molar-refractivity contribution in [2.45, 2.75) is 50.4 Å². The molecule has 0 N–H and O–H groups in total. The fourth-order valence-electron chi connectivity index (χ4n) is 6.96. The van der Waals surface area contributed by atoms with Gasteiger partial charge in [0.15, 0.2) is 0 Å². The van der Waals surface area contributed by atoms with Crippen LogP contribution in [-0.2, 0) is 12.5 Å². The molecule has 0 atom stereocenters. The molecule has 0 spiro atoms. The number of pyridine rings is 1. The van der Waals surface area contributed by atoms with E-state index in [-0.39, 0.29) is 5.41 Å². The molecule has 0 amide bonds. The Bertz CT molecular complexity index is 2220. The molecule has 2 heterocycles. The number of rotatable bonds is 3. The third kappa shape index (κ3) is 4.41. The summed E-state index contributed by atoms with van der Waals surface area (Å²) in [5.74, 6) is 7.46. The van der Waals surface area contributed by atoms with E-state index in [2.05, 4.69) is 164 Å². The molecule has 2 nitrogen and oxygen atoms in total. The van der Waals surface area contributed by atoms with Crippen molar-refractivity contribution < 1.29 is 4.57 Å². The van der Waals surface area contributed by atoms with Crippen LogP contribution >= 0.6 is 0 Å². The van der Waals surface area contributed by atoms with Crippen molar-refractivity contribution in [3.8, 4) is 16.9 Å². The second-order valence-corrected chi connectivity index (χ2v) is 24.9. The molecule has 214 valence electrons. The molecule has 0 saturated carbocycles. The van der Waals surface area contributed by atoms with Gasteiger partial charge in [-0.2, -0.15) is 0 Å². The van der Waals surface area contributed by atoms with Crippen LogP contribution < -0.4 is 8.96 Å². The van der Waals surface area contributed by atoms with Crippen molar-refractivity contribution in [3.05, 3.63) is 114 Å². The van der Waals surface area contributed by atoms with Gasteiger partial charge in [-0.25, -0.2) is 0 Å². The second-order valence-electron chi connectivity index (χ2n) is 14.2. The quantitative estimate of drug-likeness (QED) is 0.137. The van der Waals surface area contributed by atoms with Gasteiger partial charge in [0.1, 0.15) is 0 Å². The molecule has 0 radical (unpaired) electrons. The Labute approximate surface area is 258 Å². The molecule has 3 heteroatoms. The maximum absolute atomic E-state index is 2.54. The molecule has 0 aliphatic heterocycles. The first-order valence-electron chi connectivity index (χ1n) is 15.4. The standard InChI is InChI=1S/C40H41GeN2/c1-26-28-15-9-10-16-29(28)34(40(2,3)4)24-33(26)37-25-39(32-18-12-13-19-35(32)42(37)8)43-36-20-14-11-17-30(36)31-22-21-27(23-38(31)43)41(5,6)7/h9-25H,1-8H3/q+1. The molecule has 0 fully saturated rings. The number of aryl methyl sites for hydroxylation is 2. The number of para-hydroxylation sites is 2. The summed E-state index contributed by atoms with van der Waals surface area (Å²) in [5.41, 5.74) is 10.3. The fraction of sp³-hybridized carbons (Fsp3) is 0.225. The van der Waals surface area contributed by atoms with Crippen LogP contribution in [0.5, 0.6) is 0 Å². The van der Waals surface area contributed by atoms with Gasteiger partial charge in [0.25, 0.3) is 0 Å². The first-order chi connectivity index (χ1) is 20.4. The van der Waals surface area contributed by atoms with Crippen LogP contribution in [0.15, 0.2) is 103 Å². The third-order valence-corrected chi connectivity index (χ3v) is 13.6. The van der Waals surface area contributed by atoms with Crippen molar-refractivity contribution in [1.29, 1.82) is 0 Å². The molecule has 2 aromatic heterocycles. The van der Waals surface area contributed by atoms with Gasteiger partial charge in [-0.3, -0.25) is 0 Å². The fourth-order valence-corrected chi connectivity index (χ4v) is 9.38. The Morgan fingerprint density at radius 2 is 1.23 bits per heavy atom. The summed E-state index contributed by atoms with van der Waals surface area (Å²) in [5, 5.41) is 6.57. The number of nitrogens with zero attached hydrogens (tertiary/aromatic N) is 2. The van der Waals surface area contributed by atoms with Gasteiger partial charge in [-0.15, -0.1) is 0 Å². The van der Waals surface area contributed by atoms with Crippen LogP contribution in [0.3, 0.4) is 0 Å². The van der Waals surface area contributed by atoms with Crippen LogP contribution in [0, 0.1) is 6.92 Å². The molecule has 0 aliphatic carbocycles. The van der Waals surface area contributed by atoms with Gasteiger partial charge >= 0.3 is 253 Å². The van der Waals surface area contributed by atoms with E-state index in [4.69, 9.17) is 0 Å². The molecular formula is C40H41GeN2+. The summed E-state index contributed by atoms with van der Waals surface area (Å²) in [6, 6.07) is 38.9. The van der Waals surface area contributed by atoms with E-state index >= 15 is 0 Å². The Morgan fingerprint density at radius 1 is 0.628 bits per heavy atom. The Kier molecular flexibility index (Phi) is 6.38. The molecule has 0 unspecified atom stereocenters. The van der Waals surface area contributed by atoms with Crippen molar-refractivity contribution >= 4 is 61.1 Å². The van der Waals surface area contributed by atoms with Gasteiger partial charge < -0.3 is 0 Å². The van der Waals surface area contributed by atoms with Crippen molar-refractivity contribution in [2.24, 2.45) is 7.05 Å². The number of hydrogen-bond acceptors (Lipinski definition) is 0. The van der Waals surface area contributed by atoms with Crippen molar-refractivity contribution in [2.75, 3.05) is 0 Å². The summed E-state index contributed by atoms with van der Waals surface area (Å²) < 4.78 is 6.46. The van der Waals surface area contributed by atoms with Crippen LogP contribution in [0.4, 0.5) is 0 Å². The van der Waals surface area contributed by atoms with Crippen LogP contribution in [0.2, 0.25) is 17.3 Å². The zero-order valence-corrected chi connectivity index (χ0v) is 28.8. The number of benzene rings is 5. The van der Waals surface area contributed by atoms with E-state index in [1.165, 1.54) is 75.9 Å². The maximum atomic E-state index is 2.54. The predicted octanol–water partition coefficient (Wildman–Crippen LogP) is 9.73. The van der Waals surface area contributed by atoms with Gasteiger partial charge in [-0.1, -0.05) is 6.07 Å². The Balaban J connectivity index is 1.64. The van der Waals surface area contributed by atoms with Gasteiger partial charge in [-0.05, 0) is 0 Å². The molecule has 5 aromatic carbocycles. The van der Waals surface area contributed by atoms with Crippen LogP contribution in [0.1, 0.15) is 31.9 Å². The molecule has 0 saturated heterocycles. The minimum atomic E-state index is -2.08. The average Bonchev–Trinajstić information content (AvgIpc) is 3.31. The van der Waals surface area contributed by atoms with Crippen LogP contribution in [-0.4, -0.2) is 17.8 Å². The van der Waals surface area contributed by atoms with Crippen LogP contribution in [0.25, 0.3) is 60.4 Å². The van der Waals surface area contributed by atoms with E-state index in [1.807, 2.05) is 0 Å². The van der Waals surface area contributed by atoms with E-state index in [9.17, 15) is 0 Å². The Hall–Kier alpha value is -3.89. The molecular weight excluding hydrogens is 581 g/mol. The zero-order chi connectivity index (χ0) is 30.3. The van der Waals surface area contributed by atoms with E-state index < -0.39 is 13.3 Å². The monoisotopic (exact) mass is 623 g/mol. The number of hydrogen-bond donors (Lipinski definition) is 0. The molecule has 0 bridgehead atoms. The number of fused-ring (bicyclic) bond motifs is 5. The predicted molar refractivity (Wildman–Crippen MR) is 189 cm³/mol. The van der Waals surface area contributed by atoms with Gasteiger partial charge in [0.2, 0.25) is 0 Å². The average molecular weight is 622 g/mol. The minimum absolute atomic E-state index is 0.0156. The first kappa shape index (κ1) is 27.9. The number of aromatic nitrogens is 2. The molecule has 0 aliphatic rings. The normalized spacial score (nSPS) is 12.7. The first-order valence-corrected chi connectivity index (χ1v) is 22.8. The SMILES string of the molecule is Cc1c(-c2cc(-n3c4ccccc4c4cc[c]([Ge]([CH3])([CH3])[CH3])cc43)c3ccccc3[n+]2C)cc(C(C)(C)C)c2ccccc12. The summed E-state index contributed by atoms with van der Waals surface area (Å²) in [6.45, 7) is 9.28. The summed E-state index contributed by atoms with van der Waals surface area (Å²) >= 11 is -2.08.